The number of nitrogens with zero attached hydrogens (tertiary/aromatic N) is 3. The van der Waals surface area contributed by atoms with Crippen LogP contribution in [0.5, 0.6) is 0 Å². The average molecular weight is 320 g/mol. The van der Waals surface area contributed by atoms with Gasteiger partial charge < -0.3 is 10.1 Å². The van der Waals surface area contributed by atoms with Gasteiger partial charge in [-0.1, -0.05) is 0 Å². The van der Waals surface area contributed by atoms with Gasteiger partial charge in [0.25, 0.3) is 0 Å². The van der Waals surface area contributed by atoms with Crippen LogP contribution < -0.4 is 5.32 Å². The van der Waals surface area contributed by atoms with Gasteiger partial charge in [-0.2, -0.15) is 5.10 Å². The summed E-state index contributed by atoms with van der Waals surface area (Å²) in [6.07, 6.45) is 4.17. The maximum absolute atomic E-state index is 12.3. The van der Waals surface area contributed by atoms with Crippen molar-refractivity contribution >= 4 is 5.91 Å². The molecule has 2 saturated heterocycles. The summed E-state index contributed by atoms with van der Waals surface area (Å²) in [5.41, 5.74) is 2.25. The molecule has 0 bridgehead atoms. The van der Waals surface area contributed by atoms with Gasteiger partial charge in [0.1, 0.15) is 0 Å². The molecule has 1 amide bonds. The Hall–Kier alpha value is -1.40. The third-order valence-electron chi connectivity index (χ3n) is 4.92. The van der Waals surface area contributed by atoms with Crippen LogP contribution in [0.3, 0.4) is 0 Å². The van der Waals surface area contributed by atoms with Crippen LogP contribution in [-0.4, -0.2) is 59.0 Å². The zero-order valence-electron chi connectivity index (χ0n) is 14.3. The Morgan fingerprint density at radius 3 is 2.83 bits per heavy atom. The van der Waals surface area contributed by atoms with E-state index in [2.05, 4.69) is 33.0 Å². The van der Waals surface area contributed by atoms with Crippen LogP contribution in [0.25, 0.3) is 0 Å². The summed E-state index contributed by atoms with van der Waals surface area (Å²) < 4.78 is 7.42. The molecule has 128 valence electrons. The Labute approximate surface area is 138 Å². The van der Waals surface area contributed by atoms with Crippen molar-refractivity contribution in [3.8, 4) is 0 Å². The Morgan fingerprint density at radius 2 is 2.13 bits per heavy atom. The Morgan fingerprint density at radius 1 is 1.35 bits per heavy atom. The molecule has 0 saturated carbocycles. The molecule has 6 nitrogen and oxygen atoms in total. The summed E-state index contributed by atoms with van der Waals surface area (Å²) in [6.45, 7) is 8.02. The van der Waals surface area contributed by atoms with Gasteiger partial charge in [0, 0.05) is 31.0 Å². The Bertz CT molecular complexity index is 537. The molecule has 3 rings (SSSR count). The molecule has 1 atom stereocenters. The predicted molar refractivity (Wildman–Crippen MR) is 88.3 cm³/mol. The monoisotopic (exact) mass is 320 g/mol. The van der Waals surface area contributed by atoms with E-state index in [-0.39, 0.29) is 11.9 Å². The van der Waals surface area contributed by atoms with Crippen LogP contribution in [0, 0.1) is 13.8 Å². The lowest BCUT2D eigenvalue weighted by molar-refractivity contribution is -0.123. The van der Waals surface area contributed by atoms with Crippen molar-refractivity contribution in [1.82, 2.24) is 20.0 Å². The molecule has 1 aromatic rings. The highest BCUT2D eigenvalue weighted by Crippen LogP contribution is 2.19. The van der Waals surface area contributed by atoms with E-state index in [1.165, 1.54) is 5.69 Å². The van der Waals surface area contributed by atoms with Crippen LogP contribution in [0.2, 0.25) is 0 Å². The quantitative estimate of drug-likeness (QED) is 0.887. The van der Waals surface area contributed by atoms with Crippen molar-refractivity contribution in [2.45, 2.75) is 58.2 Å². The minimum absolute atomic E-state index is 0.150. The van der Waals surface area contributed by atoms with Gasteiger partial charge >= 0.3 is 0 Å². The summed E-state index contributed by atoms with van der Waals surface area (Å²) in [4.78, 5) is 14.6. The predicted octanol–water partition coefficient (Wildman–Crippen LogP) is 1.26. The Balaban J connectivity index is 1.52. The van der Waals surface area contributed by atoms with Crippen molar-refractivity contribution in [2.24, 2.45) is 0 Å². The number of aromatic nitrogens is 2. The number of likely N-dealkylation sites (tertiary alicyclic amines) is 1. The molecule has 1 N–H and O–H groups in total. The fraction of sp³-hybridized carbons (Fsp3) is 0.765. The smallest absolute Gasteiger partial charge is 0.234 e. The molecule has 1 aromatic heterocycles. The number of hydrogen-bond acceptors (Lipinski definition) is 4. The number of nitrogens with one attached hydrogen (secondary N) is 1. The van der Waals surface area contributed by atoms with Crippen LogP contribution in [0.15, 0.2) is 6.07 Å². The second-order valence-corrected chi connectivity index (χ2v) is 6.83. The van der Waals surface area contributed by atoms with E-state index < -0.39 is 0 Å². The maximum Gasteiger partial charge on any atom is 0.234 e. The van der Waals surface area contributed by atoms with Gasteiger partial charge in [-0.15, -0.1) is 0 Å². The molecule has 6 heteroatoms. The van der Waals surface area contributed by atoms with E-state index in [1.807, 2.05) is 6.92 Å². The van der Waals surface area contributed by atoms with Crippen LogP contribution in [0.1, 0.15) is 37.1 Å². The minimum Gasteiger partial charge on any atom is -0.381 e. The third-order valence-corrected chi connectivity index (χ3v) is 4.92. The molecule has 3 heterocycles. The first-order chi connectivity index (χ1) is 11.1. The van der Waals surface area contributed by atoms with Gasteiger partial charge in [-0.25, -0.2) is 0 Å². The van der Waals surface area contributed by atoms with Gasteiger partial charge in [0.2, 0.25) is 5.91 Å². The fourth-order valence-corrected chi connectivity index (χ4v) is 3.67. The lowest BCUT2D eigenvalue weighted by Gasteiger charge is -2.27. The lowest BCUT2D eigenvalue weighted by atomic mass is 10.1. The van der Waals surface area contributed by atoms with E-state index in [9.17, 15) is 4.79 Å². The van der Waals surface area contributed by atoms with Crippen molar-refractivity contribution in [3.05, 3.63) is 17.5 Å². The van der Waals surface area contributed by atoms with Crippen molar-refractivity contribution in [2.75, 3.05) is 26.3 Å². The van der Waals surface area contributed by atoms with E-state index in [1.54, 1.807) is 0 Å². The second-order valence-electron chi connectivity index (χ2n) is 6.83. The first kappa shape index (κ1) is 16.5. The number of carbonyl (C=O) groups excluding carboxylic acids is 1. The van der Waals surface area contributed by atoms with Gasteiger partial charge in [-0.3, -0.25) is 14.4 Å². The fourth-order valence-electron chi connectivity index (χ4n) is 3.67. The highest BCUT2D eigenvalue weighted by atomic mass is 16.5. The summed E-state index contributed by atoms with van der Waals surface area (Å²) >= 11 is 0. The number of hydrogen-bond donors (Lipinski definition) is 1. The van der Waals surface area contributed by atoms with Gasteiger partial charge in [-0.05, 0) is 52.1 Å². The molecule has 0 aliphatic carbocycles. The first-order valence-corrected chi connectivity index (χ1v) is 8.74. The molecule has 2 aliphatic rings. The minimum atomic E-state index is 0.150. The molecule has 2 fully saturated rings. The number of amides is 1. The van der Waals surface area contributed by atoms with Crippen LogP contribution in [0.4, 0.5) is 0 Å². The lowest BCUT2D eigenvalue weighted by Crippen LogP contribution is -2.46. The van der Waals surface area contributed by atoms with Crippen LogP contribution >= 0.6 is 0 Å². The standard InChI is InChI=1S/C17H28N4O2/c1-13-10-14(2)21(19-13)11-16-4-3-7-20(16)12-17(22)18-15-5-8-23-9-6-15/h10,15-16H,3-9,11-12H2,1-2H3,(H,18,22)/t16-/m0/s1. The SMILES string of the molecule is Cc1cc(C)n(C[C@@H]2CCCN2CC(=O)NC2CCOCC2)n1. The average Bonchev–Trinajstić information content (AvgIpc) is 3.07. The van der Waals surface area contributed by atoms with E-state index in [0.717, 1.165) is 57.7 Å². The molecule has 0 unspecified atom stereocenters. The largest absolute Gasteiger partial charge is 0.381 e. The number of rotatable bonds is 5. The first-order valence-electron chi connectivity index (χ1n) is 8.74. The summed E-state index contributed by atoms with van der Waals surface area (Å²) in [5, 5.41) is 7.72. The Kier molecular flexibility index (Phi) is 5.33. The number of aryl methyl sites for hydroxylation is 2. The maximum atomic E-state index is 12.3. The van der Waals surface area contributed by atoms with Crippen LogP contribution in [-0.2, 0) is 16.1 Å². The zero-order valence-corrected chi connectivity index (χ0v) is 14.3. The normalized spacial score (nSPS) is 23.3. The topological polar surface area (TPSA) is 59.4 Å². The third kappa shape index (κ3) is 4.32. The molecule has 2 aliphatic heterocycles. The second kappa shape index (κ2) is 7.45. The molecule has 0 spiro atoms. The number of carbonyl (C=O) groups is 1. The highest BCUT2D eigenvalue weighted by Gasteiger charge is 2.28. The van der Waals surface area contributed by atoms with E-state index in [0.29, 0.717) is 12.6 Å². The molecular formula is C17H28N4O2. The van der Waals surface area contributed by atoms with E-state index in [4.69, 9.17) is 4.74 Å². The van der Waals surface area contributed by atoms with Crippen molar-refractivity contribution in [1.29, 1.82) is 0 Å². The molecule has 0 radical (unpaired) electrons. The van der Waals surface area contributed by atoms with Gasteiger partial charge in [0.15, 0.2) is 0 Å². The summed E-state index contributed by atoms with van der Waals surface area (Å²) in [5.74, 6) is 0.150. The van der Waals surface area contributed by atoms with Crippen molar-refractivity contribution in [3.63, 3.8) is 0 Å². The summed E-state index contributed by atoms with van der Waals surface area (Å²) in [7, 11) is 0. The molecule has 23 heavy (non-hydrogen) atoms. The molecular weight excluding hydrogens is 292 g/mol. The molecule has 0 aromatic carbocycles. The van der Waals surface area contributed by atoms with E-state index >= 15 is 0 Å². The summed E-state index contributed by atoms with van der Waals surface area (Å²) in [6, 6.07) is 2.80. The zero-order chi connectivity index (χ0) is 16.2. The number of ether oxygens (including phenoxy) is 1. The van der Waals surface area contributed by atoms with Gasteiger partial charge in [0.05, 0.1) is 18.8 Å². The highest BCUT2D eigenvalue weighted by molar-refractivity contribution is 5.78. The van der Waals surface area contributed by atoms with Crippen molar-refractivity contribution < 1.29 is 9.53 Å².